The predicted octanol–water partition coefficient (Wildman–Crippen LogP) is 3.34. The molecule has 0 radical (unpaired) electrons. The Morgan fingerprint density at radius 2 is 1.59 bits per heavy atom. The molecule has 170 valence electrons. The Balaban J connectivity index is 1.50. The van der Waals surface area contributed by atoms with E-state index in [-0.39, 0.29) is 42.7 Å². The number of thioether (sulfide) groups is 1. The largest absolute Gasteiger partial charge is 0.416 e. The van der Waals surface area contributed by atoms with Gasteiger partial charge in [0.15, 0.2) is 0 Å². The van der Waals surface area contributed by atoms with Gasteiger partial charge in [0.1, 0.15) is 0 Å². The molecule has 6 nitrogen and oxygen atoms in total. The Morgan fingerprint density at radius 1 is 1.00 bits per heavy atom. The number of amides is 1. The number of benzene rings is 2. The predicted molar refractivity (Wildman–Crippen MR) is 114 cm³/mol. The first-order valence-electron chi connectivity index (χ1n) is 9.63. The molecule has 1 amide bonds. The zero-order chi connectivity index (χ0) is 23.4. The second kappa shape index (κ2) is 9.94. The van der Waals surface area contributed by atoms with Crippen molar-refractivity contribution in [1.82, 2.24) is 9.21 Å². The highest BCUT2D eigenvalue weighted by Gasteiger charge is 2.33. The number of nitrogens with zero attached hydrogens (tertiary/aromatic N) is 3. The molecule has 1 fully saturated rings. The lowest BCUT2D eigenvalue weighted by Crippen LogP contribution is -2.50. The molecule has 1 aliphatic rings. The van der Waals surface area contributed by atoms with Crippen LogP contribution in [0.1, 0.15) is 16.7 Å². The maximum Gasteiger partial charge on any atom is 0.416 e. The number of carbonyl (C=O) groups is 1. The Bertz CT molecular complexity index is 1090. The smallest absolute Gasteiger partial charge is 0.339 e. The van der Waals surface area contributed by atoms with E-state index >= 15 is 0 Å². The second-order valence-electron chi connectivity index (χ2n) is 7.11. The van der Waals surface area contributed by atoms with E-state index in [1.54, 1.807) is 17.0 Å². The molecule has 0 spiro atoms. The van der Waals surface area contributed by atoms with Crippen molar-refractivity contribution >= 4 is 27.7 Å². The molecule has 0 N–H and O–H groups in total. The van der Waals surface area contributed by atoms with Crippen molar-refractivity contribution < 1.29 is 26.4 Å². The molecule has 2 aromatic carbocycles. The van der Waals surface area contributed by atoms with Crippen LogP contribution in [0, 0.1) is 11.3 Å². The Kier molecular flexibility index (Phi) is 7.48. The second-order valence-corrected chi connectivity index (χ2v) is 10.0. The molecule has 0 saturated carbocycles. The van der Waals surface area contributed by atoms with Gasteiger partial charge in [-0.1, -0.05) is 12.1 Å². The zero-order valence-electron chi connectivity index (χ0n) is 16.9. The third-order valence-corrected chi connectivity index (χ3v) is 7.89. The van der Waals surface area contributed by atoms with Crippen LogP contribution < -0.4 is 0 Å². The van der Waals surface area contributed by atoms with E-state index < -0.39 is 21.8 Å². The number of halogens is 3. The highest BCUT2D eigenvalue weighted by atomic mass is 32.2. The lowest BCUT2D eigenvalue weighted by atomic mass is 10.2. The number of nitriles is 1. The fourth-order valence-corrected chi connectivity index (χ4v) is 5.48. The van der Waals surface area contributed by atoms with Crippen molar-refractivity contribution in [3.05, 3.63) is 65.2 Å². The summed E-state index contributed by atoms with van der Waals surface area (Å²) in [5.41, 5.74) is 0.651. The molecule has 1 saturated heterocycles. The summed E-state index contributed by atoms with van der Waals surface area (Å²) in [6, 6.07) is 12.5. The normalized spacial score (nSPS) is 15.4. The zero-order valence-corrected chi connectivity index (χ0v) is 18.5. The van der Waals surface area contributed by atoms with E-state index in [1.165, 1.54) is 16.1 Å². The highest BCUT2D eigenvalue weighted by Crippen LogP contribution is 2.30. The number of carbonyl (C=O) groups excluding carboxylic acids is 1. The molecule has 3 rings (SSSR count). The maximum atomic E-state index is 12.7. The molecular weight excluding hydrogens is 463 g/mol. The van der Waals surface area contributed by atoms with Crippen molar-refractivity contribution in [2.45, 2.75) is 16.8 Å². The van der Waals surface area contributed by atoms with E-state index in [1.807, 2.05) is 18.2 Å². The van der Waals surface area contributed by atoms with Gasteiger partial charge < -0.3 is 4.90 Å². The van der Waals surface area contributed by atoms with Crippen molar-refractivity contribution in [1.29, 1.82) is 5.26 Å². The lowest BCUT2D eigenvalue weighted by Gasteiger charge is -2.34. The summed E-state index contributed by atoms with van der Waals surface area (Å²) in [6.45, 7) is 0.594. The van der Waals surface area contributed by atoms with Crippen LogP contribution in [0.3, 0.4) is 0 Å². The van der Waals surface area contributed by atoms with Crippen molar-refractivity contribution in [3.8, 4) is 6.07 Å². The monoisotopic (exact) mass is 483 g/mol. The van der Waals surface area contributed by atoms with Crippen LogP contribution in [0.15, 0.2) is 53.4 Å². The minimum absolute atomic E-state index is 0.0788. The Labute approximate surface area is 188 Å². The number of piperazine rings is 1. The van der Waals surface area contributed by atoms with Crippen molar-refractivity contribution in [2.24, 2.45) is 0 Å². The summed E-state index contributed by atoms with van der Waals surface area (Å²) in [7, 11) is -3.93. The van der Waals surface area contributed by atoms with Crippen LogP contribution in [0.25, 0.3) is 0 Å². The van der Waals surface area contributed by atoms with Gasteiger partial charge in [-0.15, -0.1) is 11.8 Å². The minimum Gasteiger partial charge on any atom is -0.339 e. The first kappa shape index (κ1) is 24.1. The maximum absolute atomic E-state index is 12.7. The number of hydrogen-bond acceptors (Lipinski definition) is 5. The average Bonchev–Trinajstić information content (AvgIpc) is 2.79. The van der Waals surface area contributed by atoms with Gasteiger partial charge >= 0.3 is 6.18 Å². The summed E-state index contributed by atoms with van der Waals surface area (Å²) in [6.07, 6.45) is -4.54. The fraction of sp³-hybridized carbons (Fsp3) is 0.333. The van der Waals surface area contributed by atoms with Crippen LogP contribution in [0.5, 0.6) is 0 Å². The standard InChI is InChI=1S/C21H20F3N3O3S2/c22-21(23,24)18-5-7-19(8-6-18)32(29,30)27-11-9-26(10-12-27)20(28)15-31-14-17-3-1-16(13-25)2-4-17/h1-8H,9-12,14-15H2. The van der Waals surface area contributed by atoms with Gasteiger partial charge in [-0.2, -0.15) is 22.7 Å². The van der Waals surface area contributed by atoms with E-state index in [0.717, 1.165) is 29.8 Å². The van der Waals surface area contributed by atoms with Crippen LogP contribution in [-0.4, -0.2) is 55.5 Å². The fourth-order valence-electron chi connectivity index (χ4n) is 3.17. The van der Waals surface area contributed by atoms with Crippen molar-refractivity contribution in [3.63, 3.8) is 0 Å². The first-order valence-corrected chi connectivity index (χ1v) is 12.2. The molecule has 1 aliphatic heterocycles. The average molecular weight is 484 g/mol. The summed E-state index contributed by atoms with van der Waals surface area (Å²) < 4.78 is 64.7. The van der Waals surface area contributed by atoms with E-state index in [4.69, 9.17) is 5.26 Å². The molecule has 11 heteroatoms. The third kappa shape index (κ3) is 5.82. The summed E-state index contributed by atoms with van der Waals surface area (Å²) in [4.78, 5) is 13.8. The number of sulfonamides is 1. The SMILES string of the molecule is N#Cc1ccc(CSCC(=O)N2CCN(S(=O)(=O)c3ccc(C(F)(F)F)cc3)CC2)cc1. The van der Waals surface area contributed by atoms with Gasteiger partial charge in [-0.05, 0) is 42.0 Å². The molecule has 1 heterocycles. The molecule has 0 aromatic heterocycles. The summed E-state index contributed by atoms with van der Waals surface area (Å²) in [5, 5.41) is 8.81. The quantitative estimate of drug-likeness (QED) is 0.630. The van der Waals surface area contributed by atoms with Gasteiger partial charge in [0.25, 0.3) is 0 Å². The first-order chi connectivity index (χ1) is 15.1. The highest BCUT2D eigenvalue weighted by molar-refractivity contribution is 7.99. The van der Waals surface area contributed by atoms with Gasteiger partial charge in [0.05, 0.1) is 27.8 Å². The van der Waals surface area contributed by atoms with E-state index in [9.17, 15) is 26.4 Å². The molecular formula is C21H20F3N3O3S2. The third-order valence-electron chi connectivity index (χ3n) is 4.99. The van der Waals surface area contributed by atoms with Gasteiger partial charge in [0.2, 0.25) is 15.9 Å². The molecule has 0 aliphatic carbocycles. The molecule has 0 unspecified atom stereocenters. The van der Waals surface area contributed by atoms with Gasteiger partial charge in [-0.25, -0.2) is 8.42 Å². The molecule has 2 aromatic rings. The van der Waals surface area contributed by atoms with Crippen LogP contribution in [0.4, 0.5) is 13.2 Å². The van der Waals surface area contributed by atoms with Crippen molar-refractivity contribution in [2.75, 3.05) is 31.9 Å². The summed E-state index contributed by atoms with van der Waals surface area (Å²) >= 11 is 1.43. The minimum atomic E-state index is -4.54. The Hall–Kier alpha value is -2.55. The Morgan fingerprint density at radius 3 is 2.12 bits per heavy atom. The lowest BCUT2D eigenvalue weighted by molar-refractivity contribution is -0.137. The van der Waals surface area contributed by atoms with E-state index in [0.29, 0.717) is 11.3 Å². The topological polar surface area (TPSA) is 81.5 Å². The number of hydrogen-bond donors (Lipinski definition) is 0. The number of rotatable bonds is 6. The molecule has 32 heavy (non-hydrogen) atoms. The summed E-state index contributed by atoms with van der Waals surface area (Å²) in [5.74, 6) is 0.751. The van der Waals surface area contributed by atoms with Gasteiger partial charge in [0, 0.05) is 31.9 Å². The van der Waals surface area contributed by atoms with Crippen LogP contribution in [0.2, 0.25) is 0 Å². The number of alkyl halides is 3. The molecule has 0 bridgehead atoms. The van der Waals surface area contributed by atoms with Gasteiger partial charge in [-0.3, -0.25) is 4.79 Å². The van der Waals surface area contributed by atoms with Crippen LogP contribution >= 0.6 is 11.8 Å². The van der Waals surface area contributed by atoms with E-state index in [2.05, 4.69) is 0 Å². The molecule has 0 atom stereocenters. The van der Waals surface area contributed by atoms with Crippen LogP contribution in [-0.2, 0) is 26.7 Å².